The predicted molar refractivity (Wildman–Crippen MR) is 151 cm³/mol. The molecule has 1 unspecified atom stereocenters. The Morgan fingerprint density at radius 1 is 0.838 bits per heavy atom. The van der Waals surface area contributed by atoms with Crippen LogP contribution in [0.5, 0.6) is 0 Å². The zero-order chi connectivity index (χ0) is 26.2. The third kappa shape index (κ3) is 6.68. The quantitative estimate of drug-likeness (QED) is 0.460. The van der Waals surface area contributed by atoms with Gasteiger partial charge in [0, 0.05) is 63.9 Å². The number of carbonyl (C=O) groups excluding carboxylic acids is 2. The van der Waals surface area contributed by atoms with Crippen LogP contribution in [0.4, 0.5) is 17.1 Å². The van der Waals surface area contributed by atoms with Crippen LogP contribution in [-0.4, -0.2) is 63.5 Å². The van der Waals surface area contributed by atoms with Crippen LogP contribution in [0, 0.1) is 0 Å². The molecule has 0 spiro atoms. The van der Waals surface area contributed by atoms with Crippen LogP contribution in [0.1, 0.15) is 24.1 Å². The van der Waals surface area contributed by atoms with Crippen LogP contribution in [0.15, 0.2) is 78.9 Å². The first-order valence-corrected chi connectivity index (χ1v) is 12.9. The Morgan fingerprint density at radius 2 is 1.49 bits per heavy atom. The van der Waals surface area contributed by atoms with Gasteiger partial charge in [-0.1, -0.05) is 55.5 Å². The molecule has 0 aromatic heterocycles. The van der Waals surface area contributed by atoms with Gasteiger partial charge in [0.05, 0.1) is 6.04 Å². The summed E-state index contributed by atoms with van der Waals surface area (Å²) in [6.45, 7) is 5.90. The lowest BCUT2D eigenvalue weighted by molar-refractivity contribution is -0.136. The summed E-state index contributed by atoms with van der Waals surface area (Å²) >= 11 is 0. The van der Waals surface area contributed by atoms with E-state index in [1.165, 1.54) is 5.69 Å². The molecule has 1 saturated heterocycles. The van der Waals surface area contributed by atoms with Gasteiger partial charge >= 0.3 is 11.8 Å². The van der Waals surface area contributed by atoms with Crippen molar-refractivity contribution in [1.29, 1.82) is 0 Å². The molecule has 1 heterocycles. The molecular weight excluding hydrogens is 462 g/mol. The lowest BCUT2D eigenvalue weighted by Gasteiger charge is -2.40. The topological polar surface area (TPSA) is 67.9 Å². The van der Waals surface area contributed by atoms with Crippen LogP contribution in [0.2, 0.25) is 0 Å². The van der Waals surface area contributed by atoms with Gasteiger partial charge in [-0.15, -0.1) is 0 Å². The van der Waals surface area contributed by atoms with E-state index < -0.39 is 11.8 Å². The van der Waals surface area contributed by atoms with Gasteiger partial charge in [0.15, 0.2) is 0 Å². The van der Waals surface area contributed by atoms with Crippen molar-refractivity contribution in [3.05, 3.63) is 90.0 Å². The maximum absolute atomic E-state index is 12.8. The molecule has 0 aliphatic carbocycles. The normalized spacial score (nSPS) is 14.6. The summed E-state index contributed by atoms with van der Waals surface area (Å²) in [7, 11) is 4.04. The average molecular weight is 500 g/mol. The van der Waals surface area contributed by atoms with Crippen LogP contribution >= 0.6 is 0 Å². The molecule has 7 nitrogen and oxygen atoms in total. The zero-order valence-electron chi connectivity index (χ0n) is 22.0. The minimum absolute atomic E-state index is 0.0335. The number of para-hydroxylation sites is 2. The minimum atomic E-state index is -0.642. The van der Waals surface area contributed by atoms with Crippen LogP contribution < -0.4 is 20.4 Å². The lowest BCUT2D eigenvalue weighted by atomic mass is 10.0. The number of carbonyl (C=O) groups is 2. The number of hydrogen-bond acceptors (Lipinski definition) is 5. The molecule has 1 aliphatic heterocycles. The average Bonchev–Trinajstić information content (AvgIpc) is 2.94. The fraction of sp³-hybridized carbons (Fsp3) is 0.333. The Kier molecular flexibility index (Phi) is 8.80. The number of hydrogen-bond donors (Lipinski definition) is 2. The number of amides is 2. The maximum Gasteiger partial charge on any atom is 0.313 e. The Hall–Kier alpha value is -3.84. The summed E-state index contributed by atoms with van der Waals surface area (Å²) in [5.74, 6) is -1.26. The molecule has 0 bridgehead atoms. The molecule has 0 saturated carbocycles. The van der Waals surface area contributed by atoms with E-state index in [0.29, 0.717) is 12.2 Å². The van der Waals surface area contributed by atoms with E-state index in [2.05, 4.69) is 73.9 Å². The van der Waals surface area contributed by atoms with Crippen molar-refractivity contribution in [1.82, 2.24) is 10.2 Å². The van der Waals surface area contributed by atoms with Gasteiger partial charge in [-0.2, -0.15) is 0 Å². The number of rotatable bonds is 8. The van der Waals surface area contributed by atoms with E-state index in [1.54, 1.807) is 0 Å². The van der Waals surface area contributed by atoms with Gasteiger partial charge in [0.25, 0.3) is 0 Å². The van der Waals surface area contributed by atoms with Crippen LogP contribution in [-0.2, 0) is 16.0 Å². The molecule has 194 valence electrons. The van der Waals surface area contributed by atoms with Crippen molar-refractivity contribution in [3.63, 3.8) is 0 Å². The first-order chi connectivity index (χ1) is 18.0. The number of piperazine rings is 1. The van der Waals surface area contributed by atoms with E-state index in [9.17, 15) is 9.59 Å². The number of anilines is 3. The van der Waals surface area contributed by atoms with Crippen molar-refractivity contribution >= 4 is 28.9 Å². The highest BCUT2D eigenvalue weighted by atomic mass is 16.2. The number of nitrogens with zero attached hydrogens (tertiary/aromatic N) is 3. The standard InChI is InChI=1S/C30H37N5O2/c1-4-23-10-8-9-13-27(23)32-30(37)29(36)31-22-28(24-14-16-25(17-15-24)33(2)3)35-20-18-34(19-21-35)26-11-6-5-7-12-26/h5-17,28H,4,18-22H2,1-3H3,(H,31,36)(H,32,37). The van der Waals surface area contributed by atoms with E-state index in [1.807, 2.05) is 51.4 Å². The van der Waals surface area contributed by atoms with Gasteiger partial charge < -0.3 is 20.4 Å². The zero-order valence-corrected chi connectivity index (χ0v) is 22.0. The second-order valence-electron chi connectivity index (χ2n) is 9.54. The molecule has 0 radical (unpaired) electrons. The van der Waals surface area contributed by atoms with Crippen molar-refractivity contribution in [2.45, 2.75) is 19.4 Å². The van der Waals surface area contributed by atoms with Crippen molar-refractivity contribution in [2.75, 3.05) is 61.9 Å². The Morgan fingerprint density at radius 3 is 2.14 bits per heavy atom. The summed E-state index contributed by atoms with van der Waals surface area (Å²) in [4.78, 5) is 32.3. The largest absolute Gasteiger partial charge is 0.378 e. The van der Waals surface area contributed by atoms with Gasteiger partial charge in [-0.25, -0.2) is 0 Å². The Balaban J connectivity index is 1.44. The van der Waals surface area contributed by atoms with Crippen molar-refractivity contribution in [2.24, 2.45) is 0 Å². The maximum atomic E-state index is 12.8. The highest BCUT2D eigenvalue weighted by Gasteiger charge is 2.27. The third-order valence-electron chi connectivity index (χ3n) is 6.98. The minimum Gasteiger partial charge on any atom is -0.378 e. The second-order valence-corrected chi connectivity index (χ2v) is 9.54. The molecule has 1 fully saturated rings. The highest BCUT2D eigenvalue weighted by molar-refractivity contribution is 6.39. The molecule has 2 amide bonds. The first-order valence-electron chi connectivity index (χ1n) is 12.9. The number of benzene rings is 3. The lowest BCUT2D eigenvalue weighted by Crippen LogP contribution is -2.50. The second kappa shape index (κ2) is 12.4. The number of nitrogens with one attached hydrogen (secondary N) is 2. The molecule has 2 N–H and O–H groups in total. The summed E-state index contributed by atoms with van der Waals surface area (Å²) in [6.07, 6.45) is 0.776. The van der Waals surface area contributed by atoms with E-state index in [-0.39, 0.29) is 6.04 Å². The molecule has 1 aliphatic rings. The van der Waals surface area contributed by atoms with Crippen LogP contribution in [0.3, 0.4) is 0 Å². The van der Waals surface area contributed by atoms with Crippen molar-refractivity contribution < 1.29 is 9.59 Å². The van der Waals surface area contributed by atoms with Crippen LogP contribution in [0.25, 0.3) is 0 Å². The van der Waals surface area contributed by atoms with Gasteiger partial charge in [0.2, 0.25) is 0 Å². The smallest absolute Gasteiger partial charge is 0.313 e. The molecule has 3 aromatic rings. The Labute approximate surface area is 220 Å². The molecule has 3 aromatic carbocycles. The van der Waals surface area contributed by atoms with Gasteiger partial charge in [-0.3, -0.25) is 14.5 Å². The van der Waals surface area contributed by atoms with E-state index in [0.717, 1.165) is 49.4 Å². The Bertz CT molecular complexity index is 1170. The first kappa shape index (κ1) is 26.2. The number of aryl methyl sites for hydroxylation is 1. The summed E-state index contributed by atoms with van der Waals surface area (Å²) in [6, 6.07) is 26.4. The summed E-state index contributed by atoms with van der Waals surface area (Å²) < 4.78 is 0. The monoisotopic (exact) mass is 499 g/mol. The molecular formula is C30H37N5O2. The predicted octanol–water partition coefficient (Wildman–Crippen LogP) is 3.93. The molecule has 4 rings (SSSR count). The molecule has 1 atom stereocenters. The summed E-state index contributed by atoms with van der Waals surface area (Å²) in [5.41, 5.74) is 5.15. The van der Waals surface area contributed by atoms with E-state index >= 15 is 0 Å². The SMILES string of the molecule is CCc1ccccc1NC(=O)C(=O)NCC(c1ccc(N(C)C)cc1)N1CCN(c2ccccc2)CC1. The van der Waals surface area contributed by atoms with Gasteiger partial charge in [-0.05, 0) is 47.9 Å². The highest BCUT2D eigenvalue weighted by Crippen LogP contribution is 2.26. The fourth-order valence-corrected chi connectivity index (χ4v) is 4.78. The van der Waals surface area contributed by atoms with E-state index in [4.69, 9.17) is 0 Å². The van der Waals surface area contributed by atoms with Crippen molar-refractivity contribution in [3.8, 4) is 0 Å². The molecule has 37 heavy (non-hydrogen) atoms. The fourth-order valence-electron chi connectivity index (χ4n) is 4.78. The van der Waals surface area contributed by atoms with Gasteiger partial charge in [0.1, 0.15) is 0 Å². The third-order valence-corrected chi connectivity index (χ3v) is 6.98. The summed E-state index contributed by atoms with van der Waals surface area (Å²) in [5, 5.41) is 5.67. The molecule has 7 heteroatoms.